The second kappa shape index (κ2) is 7.52. The normalized spacial score (nSPS) is 11.1. The Labute approximate surface area is 155 Å². The Morgan fingerprint density at radius 3 is 2.44 bits per heavy atom. The third-order valence-electron chi connectivity index (χ3n) is 3.82. The molecule has 0 fully saturated rings. The highest BCUT2D eigenvalue weighted by Crippen LogP contribution is 2.29. The van der Waals surface area contributed by atoms with E-state index in [0.717, 1.165) is 0 Å². The lowest BCUT2D eigenvalue weighted by molar-refractivity contribution is -0.384. The Bertz CT molecular complexity index is 1090. The first kappa shape index (κ1) is 18.5. The Morgan fingerprint density at radius 1 is 1.04 bits per heavy atom. The van der Waals surface area contributed by atoms with E-state index >= 15 is 0 Å². The van der Waals surface area contributed by atoms with Crippen LogP contribution >= 0.6 is 0 Å². The van der Waals surface area contributed by atoms with Gasteiger partial charge in [0.1, 0.15) is 5.82 Å². The number of pyridine rings is 1. The number of nitrogens with one attached hydrogen (secondary N) is 1. The number of sulfonamides is 1. The van der Waals surface area contributed by atoms with E-state index in [9.17, 15) is 18.5 Å². The molecule has 0 saturated heterocycles. The lowest BCUT2D eigenvalue weighted by Gasteiger charge is -2.09. The Balaban J connectivity index is 1.87. The van der Waals surface area contributed by atoms with E-state index in [2.05, 4.69) is 10.3 Å². The molecule has 2 aromatic carbocycles. The molecule has 0 amide bonds. The standard InChI is InChI=1S/C18H16N4O4S/c19-27(25,26)15-8-4-5-13(11-15)12-20-17-10-9-16(22(23)24)18(21-17)14-6-2-1-3-7-14/h1-11H,12H2,(H,20,21)(H2,19,25,26). The molecule has 9 heteroatoms. The molecule has 0 radical (unpaired) electrons. The molecule has 0 spiro atoms. The molecule has 0 bridgehead atoms. The van der Waals surface area contributed by atoms with Crippen molar-refractivity contribution in [1.29, 1.82) is 0 Å². The highest BCUT2D eigenvalue weighted by Gasteiger charge is 2.17. The summed E-state index contributed by atoms with van der Waals surface area (Å²) < 4.78 is 22.9. The molecule has 138 valence electrons. The van der Waals surface area contributed by atoms with E-state index in [0.29, 0.717) is 16.9 Å². The molecule has 1 heterocycles. The average Bonchev–Trinajstić information content (AvgIpc) is 2.66. The number of aromatic nitrogens is 1. The molecule has 8 nitrogen and oxygen atoms in total. The smallest absolute Gasteiger partial charge is 0.295 e. The minimum Gasteiger partial charge on any atom is -0.366 e. The van der Waals surface area contributed by atoms with Gasteiger partial charge in [-0.25, -0.2) is 18.5 Å². The summed E-state index contributed by atoms with van der Waals surface area (Å²) in [6.07, 6.45) is 0. The topological polar surface area (TPSA) is 128 Å². The van der Waals surface area contributed by atoms with E-state index < -0.39 is 14.9 Å². The molecule has 0 unspecified atom stereocenters. The van der Waals surface area contributed by atoms with Gasteiger partial charge in [0, 0.05) is 18.2 Å². The van der Waals surface area contributed by atoms with Crippen LogP contribution in [0.15, 0.2) is 71.6 Å². The summed E-state index contributed by atoms with van der Waals surface area (Å²) in [4.78, 5) is 15.2. The summed E-state index contributed by atoms with van der Waals surface area (Å²) in [6.45, 7) is 0.280. The monoisotopic (exact) mass is 384 g/mol. The van der Waals surface area contributed by atoms with Gasteiger partial charge in [-0.3, -0.25) is 10.1 Å². The summed E-state index contributed by atoms with van der Waals surface area (Å²) in [6, 6.07) is 18.0. The van der Waals surface area contributed by atoms with Crippen molar-refractivity contribution in [3.8, 4) is 11.3 Å². The number of rotatable bonds is 6. The van der Waals surface area contributed by atoms with Crippen molar-refractivity contribution < 1.29 is 13.3 Å². The second-order valence-corrected chi connectivity index (χ2v) is 7.29. The largest absolute Gasteiger partial charge is 0.366 e. The van der Waals surface area contributed by atoms with Gasteiger partial charge in [0.15, 0.2) is 5.69 Å². The molecule has 0 aliphatic carbocycles. The lowest BCUT2D eigenvalue weighted by atomic mass is 10.1. The summed E-state index contributed by atoms with van der Waals surface area (Å²) in [5.74, 6) is 0.431. The fraction of sp³-hybridized carbons (Fsp3) is 0.0556. The Hall–Kier alpha value is -3.30. The molecule has 27 heavy (non-hydrogen) atoms. The molecule has 1 aromatic heterocycles. The SMILES string of the molecule is NS(=O)(=O)c1cccc(CNc2ccc([N+](=O)[O-])c(-c3ccccc3)n2)c1. The molecule has 0 aliphatic heterocycles. The first-order valence-electron chi connectivity index (χ1n) is 7.91. The van der Waals surface area contributed by atoms with Crippen molar-refractivity contribution in [2.45, 2.75) is 11.4 Å². The van der Waals surface area contributed by atoms with Crippen LogP contribution in [0, 0.1) is 10.1 Å². The minimum absolute atomic E-state index is 0.0171. The van der Waals surface area contributed by atoms with Gasteiger partial charge in [-0.1, -0.05) is 42.5 Å². The minimum atomic E-state index is -3.78. The number of hydrogen-bond donors (Lipinski definition) is 2. The molecular weight excluding hydrogens is 368 g/mol. The summed E-state index contributed by atoms with van der Waals surface area (Å²) >= 11 is 0. The summed E-state index contributed by atoms with van der Waals surface area (Å²) in [5.41, 5.74) is 1.47. The quantitative estimate of drug-likeness (QED) is 0.497. The van der Waals surface area contributed by atoms with Crippen molar-refractivity contribution in [2.75, 3.05) is 5.32 Å². The van der Waals surface area contributed by atoms with Crippen LogP contribution in [0.1, 0.15) is 5.56 Å². The fourth-order valence-electron chi connectivity index (χ4n) is 2.53. The maximum atomic E-state index is 11.4. The average molecular weight is 384 g/mol. The van der Waals surface area contributed by atoms with Crippen molar-refractivity contribution >= 4 is 21.5 Å². The number of hydrogen-bond acceptors (Lipinski definition) is 6. The molecule has 3 aromatic rings. The first-order valence-corrected chi connectivity index (χ1v) is 9.46. The van der Waals surface area contributed by atoms with E-state index in [-0.39, 0.29) is 22.8 Å². The van der Waals surface area contributed by atoms with Gasteiger partial charge in [0.2, 0.25) is 10.0 Å². The number of nitro groups is 1. The van der Waals surface area contributed by atoms with Crippen LogP contribution in [-0.2, 0) is 16.6 Å². The molecule has 0 atom stereocenters. The van der Waals surface area contributed by atoms with Crippen molar-refractivity contribution in [1.82, 2.24) is 4.98 Å². The van der Waals surface area contributed by atoms with Crippen molar-refractivity contribution in [3.05, 3.63) is 82.4 Å². The van der Waals surface area contributed by atoms with Crippen LogP contribution in [0.5, 0.6) is 0 Å². The van der Waals surface area contributed by atoms with Crippen LogP contribution in [0.2, 0.25) is 0 Å². The van der Waals surface area contributed by atoms with Crippen LogP contribution in [0.25, 0.3) is 11.3 Å². The predicted molar refractivity (Wildman–Crippen MR) is 101 cm³/mol. The summed E-state index contributed by atoms with van der Waals surface area (Å²) in [7, 11) is -3.78. The maximum absolute atomic E-state index is 11.4. The maximum Gasteiger partial charge on any atom is 0.295 e. The Kier molecular flexibility index (Phi) is 5.15. The van der Waals surface area contributed by atoms with Gasteiger partial charge in [0.05, 0.1) is 9.82 Å². The first-order chi connectivity index (χ1) is 12.8. The molecular formula is C18H16N4O4S. The highest BCUT2D eigenvalue weighted by atomic mass is 32.2. The zero-order valence-corrected chi connectivity index (χ0v) is 14.9. The van der Waals surface area contributed by atoms with Gasteiger partial charge in [-0.15, -0.1) is 0 Å². The molecule has 3 rings (SSSR count). The van der Waals surface area contributed by atoms with E-state index in [1.807, 2.05) is 6.07 Å². The number of primary sulfonamides is 1. The third kappa shape index (κ3) is 4.46. The van der Waals surface area contributed by atoms with Crippen molar-refractivity contribution in [3.63, 3.8) is 0 Å². The van der Waals surface area contributed by atoms with Crippen LogP contribution in [-0.4, -0.2) is 18.3 Å². The molecule has 3 N–H and O–H groups in total. The van der Waals surface area contributed by atoms with Gasteiger partial charge < -0.3 is 5.32 Å². The van der Waals surface area contributed by atoms with E-state index in [1.165, 1.54) is 24.3 Å². The summed E-state index contributed by atoms with van der Waals surface area (Å²) in [5, 5.41) is 19.5. The number of nitrogens with zero attached hydrogens (tertiary/aromatic N) is 2. The number of anilines is 1. The Morgan fingerprint density at radius 2 is 1.78 bits per heavy atom. The fourth-order valence-corrected chi connectivity index (χ4v) is 3.11. The third-order valence-corrected chi connectivity index (χ3v) is 4.73. The molecule has 0 aliphatic rings. The molecule has 0 saturated carbocycles. The number of nitrogens with two attached hydrogens (primary N) is 1. The van der Waals surface area contributed by atoms with Gasteiger partial charge in [0.25, 0.3) is 5.69 Å². The van der Waals surface area contributed by atoms with Gasteiger partial charge >= 0.3 is 0 Å². The second-order valence-electron chi connectivity index (χ2n) is 5.73. The van der Waals surface area contributed by atoms with E-state index in [4.69, 9.17) is 5.14 Å². The zero-order valence-electron chi connectivity index (χ0n) is 14.1. The highest BCUT2D eigenvalue weighted by molar-refractivity contribution is 7.89. The van der Waals surface area contributed by atoms with Crippen LogP contribution in [0.4, 0.5) is 11.5 Å². The number of benzene rings is 2. The van der Waals surface area contributed by atoms with Crippen LogP contribution < -0.4 is 10.5 Å². The van der Waals surface area contributed by atoms with Gasteiger partial charge in [-0.2, -0.15) is 0 Å². The van der Waals surface area contributed by atoms with Crippen LogP contribution in [0.3, 0.4) is 0 Å². The van der Waals surface area contributed by atoms with E-state index in [1.54, 1.807) is 36.4 Å². The zero-order chi connectivity index (χ0) is 19.4. The van der Waals surface area contributed by atoms with Crippen molar-refractivity contribution in [2.24, 2.45) is 5.14 Å². The lowest BCUT2D eigenvalue weighted by Crippen LogP contribution is -2.12. The predicted octanol–water partition coefficient (Wildman–Crippen LogP) is 2.92. The van der Waals surface area contributed by atoms with Gasteiger partial charge in [-0.05, 0) is 23.8 Å².